The molecule has 3 fully saturated rings. The van der Waals surface area contributed by atoms with E-state index in [-0.39, 0.29) is 30.4 Å². The van der Waals surface area contributed by atoms with Gasteiger partial charge >= 0.3 is 18.2 Å². The lowest BCUT2D eigenvalue weighted by Crippen LogP contribution is -2.56. The fraction of sp³-hybridized carbons (Fsp3) is 0.591. The molecule has 0 radical (unpaired) electrons. The molecule has 0 unspecified atom stereocenters. The summed E-state index contributed by atoms with van der Waals surface area (Å²) in [5, 5.41) is 8.58. The lowest BCUT2D eigenvalue weighted by atomic mass is 10.1. The summed E-state index contributed by atoms with van der Waals surface area (Å²) in [4.78, 5) is 71.3. The molecule has 1 aromatic carbocycles. The highest BCUT2D eigenvalue weighted by molar-refractivity contribution is 7.90. The van der Waals surface area contributed by atoms with Gasteiger partial charge in [0, 0.05) is 31.1 Å². The van der Waals surface area contributed by atoms with Gasteiger partial charge in [-0.3, -0.25) is 14.5 Å². The zero-order valence-electron chi connectivity index (χ0n) is 36.4. The Morgan fingerprint density at radius 1 is 1.00 bits per heavy atom. The van der Waals surface area contributed by atoms with Crippen LogP contribution in [0.1, 0.15) is 103 Å². The van der Waals surface area contributed by atoms with Crippen LogP contribution in [0.25, 0.3) is 0 Å². The van der Waals surface area contributed by atoms with Gasteiger partial charge in [-0.15, -0.1) is 6.58 Å². The Morgan fingerprint density at radius 3 is 2.37 bits per heavy atom. The van der Waals surface area contributed by atoms with Gasteiger partial charge in [0.15, 0.2) is 0 Å². The Hall–Kier alpha value is -5.39. The quantitative estimate of drug-likeness (QED) is 0.0545. The zero-order valence-corrected chi connectivity index (χ0v) is 37.2. The number of carbonyl (C=O) groups excluding carboxylic acids is 5. The maximum absolute atomic E-state index is 14.0. The minimum Gasteiger partial charge on any atom is -0.472 e. The van der Waals surface area contributed by atoms with E-state index in [1.54, 1.807) is 51.2 Å². The van der Waals surface area contributed by atoms with Crippen LogP contribution in [-0.4, -0.2) is 104 Å². The molecule has 2 saturated carbocycles. The molecule has 18 heteroatoms. The van der Waals surface area contributed by atoms with E-state index in [1.165, 1.54) is 24.2 Å². The molecule has 2 heterocycles. The summed E-state index contributed by atoms with van der Waals surface area (Å²) in [6.07, 6.45) is 9.15. The van der Waals surface area contributed by atoms with Crippen molar-refractivity contribution in [2.75, 3.05) is 25.5 Å². The number of esters is 1. The maximum atomic E-state index is 14.0. The summed E-state index contributed by atoms with van der Waals surface area (Å²) in [5.74, 6) is -2.37. The Bertz CT molecular complexity index is 2020. The number of benzene rings is 1. The molecule has 17 nitrogen and oxygen atoms in total. The van der Waals surface area contributed by atoms with Gasteiger partial charge in [0.1, 0.15) is 40.3 Å². The normalized spacial score (nSPS) is 21.6. The first kappa shape index (κ1) is 47.7. The van der Waals surface area contributed by atoms with E-state index in [0.717, 1.165) is 50.5 Å². The van der Waals surface area contributed by atoms with E-state index < -0.39 is 75.2 Å². The second-order valence-electron chi connectivity index (χ2n) is 17.3. The number of alkyl carbamates (subject to hydrolysis) is 1. The monoisotopic (exact) mass is 882 g/mol. The SMILES string of the molecule is C=C[C@@H]1C[C@]1(NC(=O)[C@@H]1C[C@@H](Oc2ccc(C)cn2)CN1C(=O)OC(C)(C)C)C(=O)NS(=O)(=O)c1ccccc1NCCCCCCC[C@H](NC(=O)OC1CCCC1)C(=O)OC. The minimum absolute atomic E-state index is 0.0135. The molecule has 62 heavy (non-hydrogen) atoms. The summed E-state index contributed by atoms with van der Waals surface area (Å²) < 4.78 is 51.7. The first-order chi connectivity index (χ1) is 29.4. The van der Waals surface area contributed by atoms with Gasteiger partial charge in [-0.1, -0.05) is 50.0 Å². The molecular formula is C44H62N6O11S. The number of sulfonamides is 1. The first-order valence-electron chi connectivity index (χ1n) is 21.4. The third kappa shape index (κ3) is 13.1. The van der Waals surface area contributed by atoms with Crippen LogP contribution in [0.2, 0.25) is 0 Å². The number of amides is 4. The van der Waals surface area contributed by atoms with Crippen molar-refractivity contribution in [3.8, 4) is 5.88 Å². The van der Waals surface area contributed by atoms with Crippen LogP contribution in [0.3, 0.4) is 0 Å². The molecule has 3 aliphatic rings. The lowest BCUT2D eigenvalue weighted by Gasteiger charge is -2.29. The predicted octanol–water partition coefficient (Wildman–Crippen LogP) is 5.68. The molecule has 340 valence electrons. The van der Waals surface area contributed by atoms with Gasteiger partial charge in [-0.2, -0.15) is 0 Å². The number of para-hydroxylation sites is 1. The van der Waals surface area contributed by atoms with Crippen molar-refractivity contribution in [3.63, 3.8) is 0 Å². The molecule has 0 spiro atoms. The number of aromatic nitrogens is 1. The van der Waals surface area contributed by atoms with Gasteiger partial charge in [0.05, 0.1) is 19.3 Å². The van der Waals surface area contributed by atoms with Gasteiger partial charge in [0.2, 0.25) is 11.8 Å². The number of hydrogen-bond donors (Lipinski definition) is 4. The number of ether oxygens (including phenoxy) is 4. The number of anilines is 1. The molecule has 1 aromatic heterocycles. The van der Waals surface area contributed by atoms with Gasteiger partial charge in [-0.25, -0.2) is 32.5 Å². The standard InChI is InChI=1S/C44H62N6O11S/c1-7-30-26-44(30,48-38(51)35-25-32(59-37-23-22-29(2)27-46-37)28-50(35)42(55)61-43(3,4)5)40(53)49-62(56,57)36-21-15-14-19-33(36)45-24-16-10-8-9-11-20-34(39(52)58-6)47-41(54)60-31-17-12-13-18-31/h7,14-15,19,21-23,27,30-32,34-35,45H,1,8-13,16-18,20,24-26,28H2,2-6H3,(H,47,54)(H,48,51)(H,49,53)/t30-,32-,34+,35+,44-/m1/s1. The molecule has 2 aliphatic carbocycles. The number of methoxy groups -OCH3 is 1. The number of hydrogen-bond acceptors (Lipinski definition) is 13. The number of carbonyl (C=O) groups is 5. The zero-order chi connectivity index (χ0) is 45.1. The number of pyridine rings is 1. The second kappa shape index (κ2) is 21.1. The highest BCUT2D eigenvalue weighted by atomic mass is 32.2. The number of aryl methyl sites for hydroxylation is 1. The van der Waals surface area contributed by atoms with E-state index in [2.05, 4.69) is 32.2 Å². The molecule has 5 rings (SSSR count). The van der Waals surface area contributed by atoms with Gasteiger partial charge in [0.25, 0.3) is 15.9 Å². The Morgan fingerprint density at radius 2 is 1.71 bits per heavy atom. The number of unbranched alkanes of at least 4 members (excludes halogenated alkanes) is 4. The van der Waals surface area contributed by atoms with Crippen LogP contribution < -0.4 is 25.4 Å². The number of nitrogens with zero attached hydrogens (tertiary/aromatic N) is 2. The Kier molecular flexibility index (Phi) is 16.2. The van der Waals surface area contributed by atoms with E-state index in [9.17, 15) is 32.4 Å². The third-order valence-electron chi connectivity index (χ3n) is 11.2. The van der Waals surface area contributed by atoms with Crippen LogP contribution in [0.15, 0.2) is 60.1 Å². The number of rotatable bonds is 20. The van der Waals surface area contributed by atoms with Crippen LogP contribution >= 0.6 is 0 Å². The van der Waals surface area contributed by atoms with Crippen molar-refractivity contribution in [1.29, 1.82) is 0 Å². The highest BCUT2D eigenvalue weighted by Gasteiger charge is 2.61. The Labute approximate surface area is 364 Å². The molecular weight excluding hydrogens is 821 g/mol. The maximum Gasteiger partial charge on any atom is 0.411 e. The van der Waals surface area contributed by atoms with Gasteiger partial charge in [-0.05, 0) is 90.3 Å². The first-order valence-corrected chi connectivity index (χ1v) is 22.9. The van der Waals surface area contributed by atoms with Crippen LogP contribution in [0.5, 0.6) is 5.88 Å². The largest absolute Gasteiger partial charge is 0.472 e. The second-order valence-corrected chi connectivity index (χ2v) is 18.9. The highest BCUT2D eigenvalue weighted by Crippen LogP contribution is 2.45. The Balaban J connectivity index is 1.14. The lowest BCUT2D eigenvalue weighted by molar-refractivity contribution is -0.143. The summed E-state index contributed by atoms with van der Waals surface area (Å²) in [5.41, 5.74) is -1.25. The molecule has 1 saturated heterocycles. The van der Waals surface area contributed by atoms with E-state index in [1.807, 2.05) is 13.0 Å². The number of nitrogens with one attached hydrogen (secondary N) is 4. The van der Waals surface area contributed by atoms with Crippen LogP contribution in [-0.2, 0) is 38.6 Å². The topological polar surface area (TPSA) is 221 Å². The van der Waals surface area contributed by atoms with Crippen LogP contribution in [0.4, 0.5) is 15.3 Å². The smallest absolute Gasteiger partial charge is 0.411 e. The van der Waals surface area contributed by atoms with Gasteiger partial charge < -0.3 is 34.9 Å². The fourth-order valence-corrected chi connectivity index (χ4v) is 8.98. The summed E-state index contributed by atoms with van der Waals surface area (Å²) in [7, 11) is -3.15. The van der Waals surface area contributed by atoms with E-state index in [4.69, 9.17) is 18.9 Å². The summed E-state index contributed by atoms with van der Waals surface area (Å²) in [6, 6.07) is 7.86. The van der Waals surface area contributed by atoms with Crippen molar-refractivity contribution in [1.82, 2.24) is 25.2 Å². The number of likely N-dealkylation sites (tertiary alicyclic amines) is 1. The van der Waals surface area contributed by atoms with Crippen molar-refractivity contribution in [2.24, 2.45) is 5.92 Å². The van der Waals surface area contributed by atoms with E-state index >= 15 is 0 Å². The minimum atomic E-state index is -4.43. The van der Waals surface area contributed by atoms with Crippen molar-refractivity contribution in [2.45, 2.75) is 145 Å². The van der Waals surface area contributed by atoms with E-state index in [0.29, 0.717) is 37.4 Å². The van der Waals surface area contributed by atoms with Crippen molar-refractivity contribution < 1.29 is 51.3 Å². The van der Waals surface area contributed by atoms with Crippen LogP contribution in [0, 0.1) is 12.8 Å². The fourth-order valence-electron chi connectivity index (χ4n) is 7.75. The summed E-state index contributed by atoms with van der Waals surface area (Å²) in [6.45, 7) is 11.3. The molecule has 1 aliphatic heterocycles. The molecule has 4 amide bonds. The molecule has 2 aromatic rings. The van der Waals surface area contributed by atoms with Crippen molar-refractivity contribution >= 4 is 45.7 Å². The average Bonchev–Trinajstić information content (AvgIpc) is 3.46. The third-order valence-corrected chi connectivity index (χ3v) is 12.5. The summed E-state index contributed by atoms with van der Waals surface area (Å²) >= 11 is 0. The predicted molar refractivity (Wildman–Crippen MR) is 230 cm³/mol. The molecule has 0 bridgehead atoms. The van der Waals surface area contributed by atoms with Crippen molar-refractivity contribution in [3.05, 3.63) is 60.8 Å². The average molecular weight is 883 g/mol. The molecule has 5 atom stereocenters. The molecule has 4 N–H and O–H groups in total.